The van der Waals surface area contributed by atoms with Gasteiger partial charge in [-0.2, -0.15) is 0 Å². The second kappa shape index (κ2) is 10.8. The summed E-state index contributed by atoms with van der Waals surface area (Å²) in [4.78, 5) is 0. The van der Waals surface area contributed by atoms with Gasteiger partial charge < -0.3 is 14.8 Å². The van der Waals surface area contributed by atoms with Crippen molar-refractivity contribution in [2.75, 3.05) is 26.0 Å². The fourth-order valence-corrected chi connectivity index (χ4v) is 3.32. The Kier molecular flexibility index (Phi) is 8.43. The number of ether oxygens (including phenoxy) is 2. The normalized spacial score (nSPS) is 10.7. The van der Waals surface area contributed by atoms with Crippen LogP contribution in [0.15, 0.2) is 29.9 Å². The molecule has 1 aromatic heterocycles. The van der Waals surface area contributed by atoms with Crippen molar-refractivity contribution in [1.29, 1.82) is 0 Å². The van der Waals surface area contributed by atoms with Crippen molar-refractivity contribution in [3.63, 3.8) is 0 Å². The minimum Gasteiger partial charge on any atom is -0.493 e. The molecule has 0 unspecified atom stereocenters. The third-order valence-corrected chi connectivity index (χ3v) is 4.80. The van der Waals surface area contributed by atoms with Gasteiger partial charge in [-0.3, -0.25) is 0 Å². The lowest BCUT2D eigenvalue weighted by atomic mass is 10.1. The number of rotatable bonds is 12. The molecule has 8 heteroatoms. The molecule has 0 aliphatic carbocycles. The van der Waals surface area contributed by atoms with E-state index in [-0.39, 0.29) is 0 Å². The lowest BCUT2D eigenvalue weighted by molar-refractivity contribution is 0.308. The molecule has 0 saturated carbocycles. The van der Waals surface area contributed by atoms with Gasteiger partial charge in [0.05, 0.1) is 13.7 Å². The fourth-order valence-electron chi connectivity index (χ4n) is 2.53. The lowest BCUT2D eigenvalue weighted by Gasteiger charge is -2.16. The Balaban J connectivity index is 1.85. The van der Waals surface area contributed by atoms with E-state index in [4.69, 9.17) is 9.47 Å². The average molecular weight is 378 g/mol. The van der Waals surface area contributed by atoms with Crippen molar-refractivity contribution in [1.82, 2.24) is 25.5 Å². The Morgan fingerprint density at radius 3 is 2.88 bits per heavy atom. The van der Waals surface area contributed by atoms with Crippen LogP contribution >= 0.6 is 11.8 Å². The Labute approximate surface area is 159 Å². The zero-order valence-corrected chi connectivity index (χ0v) is 16.5. The monoisotopic (exact) mass is 377 g/mol. The van der Waals surface area contributed by atoms with Gasteiger partial charge in [-0.15, -0.1) is 11.7 Å². The van der Waals surface area contributed by atoms with Gasteiger partial charge in [-0.05, 0) is 48.4 Å². The molecule has 0 bridgehead atoms. The molecule has 0 aliphatic heterocycles. The van der Waals surface area contributed by atoms with Crippen LogP contribution in [0, 0.1) is 0 Å². The summed E-state index contributed by atoms with van der Waals surface area (Å²) in [6.45, 7) is 8.12. The number of benzene rings is 1. The number of allylic oxidation sites excluding steroid dienone is 1. The zero-order valence-electron chi connectivity index (χ0n) is 15.7. The fraction of sp³-hybridized carbons (Fsp3) is 0.500. The molecule has 0 atom stereocenters. The van der Waals surface area contributed by atoms with Crippen molar-refractivity contribution >= 4 is 11.8 Å². The maximum absolute atomic E-state index is 5.76. The van der Waals surface area contributed by atoms with Crippen LogP contribution in [0.1, 0.15) is 24.5 Å². The third kappa shape index (κ3) is 5.74. The SMILES string of the molecule is C=CCc1cc(CNCCCSc2nnnn2C)cc(OC)c1OCC. The first-order valence-electron chi connectivity index (χ1n) is 8.68. The Morgan fingerprint density at radius 2 is 2.23 bits per heavy atom. The highest BCUT2D eigenvalue weighted by Crippen LogP contribution is 2.33. The highest BCUT2D eigenvalue weighted by molar-refractivity contribution is 7.99. The van der Waals surface area contributed by atoms with E-state index in [1.54, 1.807) is 23.6 Å². The Bertz CT molecular complexity index is 705. The molecule has 2 aromatic rings. The molecule has 0 aliphatic rings. The highest BCUT2D eigenvalue weighted by atomic mass is 32.2. The predicted molar refractivity (Wildman–Crippen MR) is 104 cm³/mol. The molecule has 142 valence electrons. The van der Waals surface area contributed by atoms with Crippen LogP contribution in [0.25, 0.3) is 0 Å². The molecule has 0 saturated heterocycles. The van der Waals surface area contributed by atoms with E-state index in [0.29, 0.717) is 6.61 Å². The van der Waals surface area contributed by atoms with Crippen molar-refractivity contribution in [3.8, 4) is 11.5 Å². The molecule has 1 heterocycles. The Morgan fingerprint density at radius 1 is 1.38 bits per heavy atom. The average Bonchev–Trinajstić information content (AvgIpc) is 3.05. The second-order valence-electron chi connectivity index (χ2n) is 5.68. The van der Waals surface area contributed by atoms with E-state index < -0.39 is 0 Å². The number of nitrogens with zero attached hydrogens (tertiary/aromatic N) is 4. The van der Waals surface area contributed by atoms with Crippen LogP contribution in [-0.4, -0.2) is 46.2 Å². The number of thioether (sulfide) groups is 1. The van der Waals surface area contributed by atoms with Crippen molar-refractivity contribution in [2.45, 2.75) is 31.5 Å². The lowest BCUT2D eigenvalue weighted by Crippen LogP contribution is -2.16. The molecule has 7 nitrogen and oxygen atoms in total. The molecule has 0 amide bonds. The highest BCUT2D eigenvalue weighted by Gasteiger charge is 2.12. The first-order valence-corrected chi connectivity index (χ1v) is 9.67. The summed E-state index contributed by atoms with van der Waals surface area (Å²) in [6, 6.07) is 4.19. The summed E-state index contributed by atoms with van der Waals surface area (Å²) in [7, 11) is 3.52. The van der Waals surface area contributed by atoms with E-state index in [0.717, 1.165) is 53.9 Å². The van der Waals surface area contributed by atoms with E-state index in [1.165, 1.54) is 5.56 Å². The van der Waals surface area contributed by atoms with E-state index in [2.05, 4.69) is 33.5 Å². The summed E-state index contributed by atoms with van der Waals surface area (Å²) < 4.78 is 13.0. The molecule has 0 radical (unpaired) electrons. The van der Waals surface area contributed by atoms with Gasteiger partial charge in [0.2, 0.25) is 5.16 Å². The van der Waals surface area contributed by atoms with Crippen LogP contribution in [0.3, 0.4) is 0 Å². The minimum atomic E-state index is 0.608. The smallest absolute Gasteiger partial charge is 0.209 e. The summed E-state index contributed by atoms with van der Waals surface area (Å²) in [5.41, 5.74) is 2.27. The van der Waals surface area contributed by atoms with Crippen LogP contribution < -0.4 is 14.8 Å². The summed E-state index contributed by atoms with van der Waals surface area (Å²) in [5.74, 6) is 2.55. The van der Waals surface area contributed by atoms with E-state index in [9.17, 15) is 0 Å². The predicted octanol–water partition coefficient (Wildman–Crippen LogP) is 2.62. The molecule has 1 aromatic carbocycles. The number of hydrogen-bond donors (Lipinski definition) is 1. The van der Waals surface area contributed by atoms with Gasteiger partial charge in [0.25, 0.3) is 0 Å². The van der Waals surface area contributed by atoms with Crippen molar-refractivity contribution < 1.29 is 9.47 Å². The molecule has 1 N–H and O–H groups in total. The second-order valence-corrected chi connectivity index (χ2v) is 6.74. The molecular weight excluding hydrogens is 350 g/mol. The van der Waals surface area contributed by atoms with Gasteiger partial charge >= 0.3 is 0 Å². The topological polar surface area (TPSA) is 74.1 Å². The van der Waals surface area contributed by atoms with Gasteiger partial charge in [-0.1, -0.05) is 23.9 Å². The van der Waals surface area contributed by atoms with E-state index in [1.807, 2.05) is 26.1 Å². The van der Waals surface area contributed by atoms with Gasteiger partial charge in [0, 0.05) is 24.9 Å². The summed E-state index contributed by atoms with van der Waals surface area (Å²) in [5, 5.41) is 15.7. The number of methoxy groups -OCH3 is 1. The summed E-state index contributed by atoms with van der Waals surface area (Å²) in [6.07, 6.45) is 3.67. The minimum absolute atomic E-state index is 0.608. The number of nitrogens with one attached hydrogen (secondary N) is 1. The standard InChI is InChI=1S/C18H27N5O2S/c1-5-8-15-11-14(12-16(24-4)17(15)25-6-2)13-19-9-7-10-26-18-20-21-22-23(18)3/h5,11-12,19H,1,6-10,13H2,2-4H3. The van der Waals surface area contributed by atoms with Crippen LogP contribution in [0.4, 0.5) is 0 Å². The molecule has 0 fully saturated rings. The first kappa shape index (κ1) is 20.3. The molecule has 0 spiro atoms. The van der Waals surface area contributed by atoms with Crippen molar-refractivity contribution in [3.05, 3.63) is 35.9 Å². The first-order chi connectivity index (χ1) is 12.7. The largest absolute Gasteiger partial charge is 0.493 e. The number of aromatic nitrogens is 4. The quantitative estimate of drug-likeness (QED) is 0.346. The molecular formula is C18H27N5O2S. The maximum Gasteiger partial charge on any atom is 0.209 e. The van der Waals surface area contributed by atoms with Gasteiger partial charge in [-0.25, -0.2) is 4.68 Å². The third-order valence-electron chi connectivity index (χ3n) is 3.70. The summed E-state index contributed by atoms with van der Waals surface area (Å²) >= 11 is 1.66. The number of aryl methyl sites for hydroxylation is 1. The van der Waals surface area contributed by atoms with Crippen LogP contribution in [0.5, 0.6) is 11.5 Å². The van der Waals surface area contributed by atoms with Gasteiger partial charge in [0.1, 0.15) is 0 Å². The number of hydrogen-bond acceptors (Lipinski definition) is 7. The molecule has 26 heavy (non-hydrogen) atoms. The Hall–Kier alpha value is -2.06. The van der Waals surface area contributed by atoms with Crippen molar-refractivity contribution in [2.24, 2.45) is 7.05 Å². The van der Waals surface area contributed by atoms with Crippen LogP contribution in [0.2, 0.25) is 0 Å². The molecule has 2 rings (SSSR count). The number of tetrazole rings is 1. The van der Waals surface area contributed by atoms with E-state index >= 15 is 0 Å². The van der Waals surface area contributed by atoms with Crippen LogP contribution in [-0.2, 0) is 20.0 Å². The van der Waals surface area contributed by atoms with Gasteiger partial charge in [0.15, 0.2) is 11.5 Å². The maximum atomic E-state index is 5.76. The zero-order chi connectivity index (χ0) is 18.8.